The first kappa shape index (κ1) is 12.5. The summed E-state index contributed by atoms with van der Waals surface area (Å²) in [6.07, 6.45) is 3.92. The number of fused-ring (bicyclic) bond motifs is 3. The van der Waals surface area contributed by atoms with Crippen LogP contribution < -0.4 is 5.32 Å². The van der Waals surface area contributed by atoms with E-state index < -0.39 is 0 Å². The van der Waals surface area contributed by atoms with Gasteiger partial charge in [-0.15, -0.1) is 11.3 Å². The number of nitrogens with zero attached hydrogens (tertiary/aromatic N) is 5. The molecule has 0 spiro atoms. The third-order valence-corrected chi connectivity index (χ3v) is 4.56. The zero-order chi connectivity index (χ0) is 14.4. The van der Waals surface area contributed by atoms with Crippen LogP contribution in [-0.2, 0) is 17.9 Å². The largest absolute Gasteiger partial charge is 0.350 e. The molecular weight excluding hydrogens is 288 g/mol. The fourth-order valence-corrected chi connectivity index (χ4v) is 3.62. The van der Waals surface area contributed by atoms with Crippen LogP contribution in [0.25, 0.3) is 4.96 Å². The molecule has 21 heavy (non-hydrogen) atoms. The highest BCUT2D eigenvalue weighted by Crippen LogP contribution is 2.33. The Morgan fingerprint density at radius 1 is 1.52 bits per heavy atom. The van der Waals surface area contributed by atoms with E-state index in [1.165, 1.54) is 0 Å². The molecule has 0 bridgehead atoms. The number of carbonyl (C=O) groups excluding carboxylic acids is 1. The summed E-state index contributed by atoms with van der Waals surface area (Å²) in [5, 5.41) is 9.15. The van der Waals surface area contributed by atoms with E-state index in [0.717, 1.165) is 28.7 Å². The Bertz CT molecular complexity index is 816. The van der Waals surface area contributed by atoms with E-state index >= 15 is 0 Å². The molecular formula is C13H14N6OS. The third kappa shape index (κ3) is 1.86. The van der Waals surface area contributed by atoms with E-state index in [0.29, 0.717) is 13.0 Å². The minimum atomic E-state index is -0.116. The molecule has 3 aromatic rings. The molecule has 1 aliphatic rings. The number of amides is 1. The summed E-state index contributed by atoms with van der Waals surface area (Å²) in [7, 11) is 0. The average molecular weight is 302 g/mol. The second-order valence-electron chi connectivity index (χ2n) is 4.97. The van der Waals surface area contributed by atoms with Gasteiger partial charge in [0.2, 0.25) is 5.91 Å². The van der Waals surface area contributed by atoms with Gasteiger partial charge in [0.25, 0.3) is 0 Å². The molecule has 0 aromatic carbocycles. The topological polar surface area (TPSA) is 77.1 Å². The highest BCUT2D eigenvalue weighted by molar-refractivity contribution is 7.15. The Morgan fingerprint density at radius 2 is 2.43 bits per heavy atom. The molecule has 1 amide bonds. The lowest BCUT2D eigenvalue weighted by atomic mass is 9.99. The first-order valence-electron chi connectivity index (χ1n) is 6.86. The van der Waals surface area contributed by atoms with E-state index in [-0.39, 0.29) is 11.8 Å². The summed E-state index contributed by atoms with van der Waals surface area (Å²) < 4.78 is 3.92. The van der Waals surface area contributed by atoms with Crippen LogP contribution in [0.5, 0.6) is 0 Å². The van der Waals surface area contributed by atoms with Crippen LogP contribution >= 0.6 is 11.3 Å². The minimum absolute atomic E-state index is 0.0210. The number of thiazole rings is 1. The van der Waals surface area contributed by atoms with Crippen LogP contribution in [-0.4, -0.2) is 30.1 Å². The number of aromatic nitrogens is 5. The lowest BCUT2D eigenvalue weighted by Crippen LogP contribution is -2.22. The van der Waals surface area contributed by atoms with Crippen molar-refractivity contribution in [2.24, 2.45) is 0 Å². The molecule has 108 valence electrons. The standard InChI is InChI=1S/C13H14N6OS/c1-2-19-12(15-7-16-19)8-5-10(20)14-6-9-11(8)18-3-4-21-13(18)17-9/h3-4,7-8H,2,5-6H2,1H3,(H,14,20). The molecule has 0 aliphatic carbocycles. The van der Waals surface area contributed by atoms with Crippen molar-refractivity contribution >= 4 is 22.2 Å². The van der Waals surface area contributed by atoms with E-state index in [1.807, 2.05) is 23.2 Å². The summed E-state index contributed by atoms with van der Waals surface area (Å²) in [6, 6.07) is 0. The van der Waals surface area contributed by atoms with Gasteiger partial charge in [-0.3, -0.25) is 9.20 Å². The maximum atomic E-state index is 12.0. The van der Waals surface area contributed by atoms with Crippen LogP contribution in [0.4, 0.5) is 0 Å². The molecule has 7 nitrogen and oxygen atoms in total. The Balaban J connectivity index is 1.94. The van der Waals surface area contributed by atoms with Crippen molar-refractivity contribution < 1.29 is 4.79 Å². The van der Waals surface area contributed by atoms with Crippen LogP contribution in [0.15, 0.2) is 17.9 Å². The van der Waals surface area contributed by atoms with Gasteiger partial charge < -0.3 is 5.32 Å². The molecule has 8 heteroatoms. The third-order valence-electron chi connectivity index (χ3n) is 3.80. The van der Waals surface area contributed by atoms with Gasteiger partial charge in [-0.05, 0) is 6.92 Å². The summed E-state index contributed by atoms with van der Waals surface area (Å²) in [6.45, 7) is 3.22. The second kappa shape index (κ2) is 4.66. The number of hydrogen-bond acceptors (Lipinski definition) is 5. The van der Waals surface area contributed by atoms with Gasteiger partial charge in [0.05, 0.1) is 23.9 Å². The van der Waals surface area contributed by atoms with Crippen molar-refractivity contribution in [1.29, 1.82) is 0 Å². The zero-order valence-electron chi connectivity index (χ0n) is 11.5. The van der Waals surface area contributed by atoms with E-state index in [2.05, 4.69) is 24.8 Å². The highest BCUT2D eigenvalue weighted by Gasteiger charge is 2.31. The molecule has 0 saturated carbocycles. The number of hydrogen-bond donors (Lipinski definition) is 1. The fourth-order valence-electron chi connectivity index (χ4n) is 2.88. The number of rotatable bonds is 2. The molecule has 4 rings (SSSR count). The molecule has 4 heterocycles. The minimum Gasteiger partial charge on any atom is -0.350 e. The van der Waals surface area contributed by atoms with Crippen molar-refractivity contribution in [2.75, 3.05) is 0 Å². The quantitative estimate of drug-likeness (QED) is 0.770. The lowest BCUT2D eigenvalue weighted by molar-refractivity contribution is -0.121. The number of carbonyl (C=O) groups is 1. The van der Waals surface area contributed by atoms with Crippen molar-refractivity contribution in [2.45, 2.75) is 32.4 Å². The number of nitrogens with one attached hydrogen (secondary N) is 1. The van der Waals surface area contributed by atoms with E-state index in [9.17, 15) is 4.79 Å². The molecule has 1 aliphatic heterocycles. The lowest BCUT2D eigenvalue weighted by Gasteiger charge is -2.14. The number of aryl methyl sites for hydroxylation is 1. The molecule has 1 unspecified atom stereocenters. The zero-order valence-corrected chi connectivity index (χ0v) is 12.3. The molecule has 3 aromatic heterocycles. The molecule has 0 fully saturated rings. The molecule has 0 saturated heterocycles. The monoisotopic (exact) mass is 302 g/mol. The second-order valence-corrected chi connectivity index (χ2v) is 5.84. The van der Waals surface area contributed by atoms with E-state index in [4.69, 9.17) is 0 Å². The van der Waals surface area contributed by atoms with Crippen molar-refractivity contribution in [1.82, 2.24) is 29.5 Å². The Kier molecular flexibility index (Phi) is 2.78. The van der Waals surface area contributed by atoms with Crippen LogP contribution in [0.1, 0.15) is 36.5 Å². The van der Waals surface area contributed by atoms with Gasteiger partial charge in [0.15, 0.2) is 4.96 Å². The van der Waals surface area contributed by atoms with Gasteiger partial charge in [-0.1, -0.05) is 0 Å². The van der Waals surface area contributed by atoms with Gasteiger partial charge in [0, 0.05) is 24.5 Å². The Labute approximate surface area is 124 Å². The predicted octanol–water partition coefficient (Wildman–Crippen LogP) is 1.16. The SMILES string of the molecule is CCn1ncnc1C1CC(=O)NCc2nc3sccn3c21. The normalized spacial score (nSPS) is 18.5. The Morgan fingerprint density at radius 3 is 3.29 bits per heavy atom. The van der Waals surface area contributed by atoms with Crippen LogP contribution in [0, 0.1) is 0 Å². The van der Waals surface area contributed by atoms with Gasteiger partial charge in [-0.2, -0.15) is 5.10 Å². The van der Waals surface area contributed by atoms with Crippen molar-refractivity contribution in [3.8, 4) is 0 Å². The van der Waals surface area contributed by atoms with Crippen molar-refractivity contribution in [3.05, 3.63) is 35.1 Å². The van der Waals surface area contributed by atoms with Gasteiger partial charge >= 0.3 is 0 Å². The first-order chi connectivity index (χ1) is 10.3. The predicted molar refractivity (Wildman–Crippen MR) is 77.1 cm³/mol. The van der Waals surface area contributed by atoms with Gasteiger partial charge in [-0.25, -0.2) is 14.6 Å². The smallest absolute Gasteiger partial charge is 0.221 e. The first-order valence-corrected chi connectivity index (χ1v) is 7.74. The molecule has 1 N–H and O–H groups in total. The molecule has 0 radical (unpaired) electrons. The number of imidazole rings is 1. The summed E-state index contributed by atoms with van der Waals surface area (Å²) in [5.74, 6) is 0.728. The highest BCUT2D eigenvalue weighted by atomic mass is 32.1. The van der Waals surface area contributed by atoms with Crippen LogP contribution in [0.3, 0.4) is 0 Å². The average Bonchev–Trinajstić information content (AvgIpc) is 3.16. The van der Waals surface area contributed by atoms with Crippen LogP contribution in [0.2, 0.25) is 0 Å². The maximum Gasteiger partial charge on any atom is 0.221 e. The summed E-state index contributed by atoms with van der Waals surface area (Å²) in [5.41, 5.74) is 1.97. The van der Waals surface area contributed by atoms with Crippen molar-refractivity contribution in [3.63, 3.8) is 0 Å². The maximum absolute atomic E-state index is 12.0. The van der Waals surface area contributed by atoms with E-state index in [1.54, 1.807) is 17.7 Å². The fraction of sp³-hybridized carbons (Fsp3) is 0.385. The Hall–Kier alpha value is -2.22. The van der Waals surface area contributed by atoms with Gasteiger partial charge in [0.1, 0.15) is 12.2 Å². The summed E-state index contributed by atoms with van der Waals surface area (Å²) in [4.78, 5) is 22.0. The summed E-state index contributed by atoms with van der Waals surface area (Å²) >= 11 is 1.59. The molecule has 1 atom stereocenters.